The van der Waals surface area contributed by atoms with Gasteiger partial charge in [0, 0.05) is 49.9 Å². The maximum Gasteiger partial charge on any atom is 0.326 e. The maximum absolute atomic E-state index is 13.5. The van der Waals surface area contributed by atoms with Gasteiger partial charge in [0.05, 0.1) is 16.9 Å². The maximum atomic E-state index is 13.5. The Bertz CT molecular complexity index is 1420. The van der Waals surface area contributed by atoms with Gasteiger partial charge in [-0.15, -0.1) is 0 Å². The summed E-state index contributed by atoms with van der Waals surface area (Å²) in [6.45, 7) is 2.03. The van der Waals surface area contributed by atoms with Crippen LogP contribution in [0.2, 0.25) is 5.02 Å². The Balaban J connectivity index is 1.64. The quantitative estimate of drug-likeness (QED) is 0.376. The second-order valence-corrected chi connectivity index (χ2v) is 10.5. The molecule has 1 fully saturated rings. The molecule has 1 saturated heterocycles. The first-order valence-corrected chi connectivity index (χ1v) is 13.3. The van der Waals surface area contributed by atoms with Crippen LogP contribution in [0.5, 0.6) is 0 Å². The van der Waals surface area contributed by atoms with E-state index in [1.807, 2.05) is 19.1 Å². The number of aryl methyl sites for hydroxylation is 1. The molecular weight excluding hydrogens is 532 g/mol. The Labute approximate surface area is 227 Å². The highest BCUT2D eigenvalue weighted by Gasteiger charge is 2.42. The number of nitrogen functional groups attached to an aromatic ring is 1. The molecule has 11 nitrogen and oxygen atoms in total. The predicted molar refractivity (Wildman–Crippen MR) is 146 cm³/mol. The number of halogens is 1. The van der Waals surface area contributed by atoms with Gasteiger partial charge in [-0.2, -0.15) is 0 Å². The fraction of sp³-hybridized carbons (Fsp3) is 0.360. The summed E-state index contributed by atoms with van der Waals surface area (Å²) in [5.74, 6) is -0.945. The molecule has 2 aromatic heterocycles. The van der Waals surface area contributed by atoms with Crippen molar-refractivity contribution in [2.24, 2.45) is 0 Å². The van der Waals surface area contributed by atoms with Crippen molar-refractivity contribution in [2.45, 2.75) is 38.3 Å². The molecule has 3 heterocycles. The number of rotatable bonds is 9. The molecule has 3 atom stereocenters. The zero-order valence-electron chi connectivity index (χ0n) is 21.1. The molecule has 4 rings (SSSR count). The molecule has 1 aliphatic heterocycles. The number of nitrogens with zero attached hydrogens (tertiary/aromatic N) is 5. The van der Waals surface area contributed by atoms with Gasteiger partial charge in [-0.1, -0.05) is 24.6 Å². The number of hydrogen-bond donors (Lipinski definition) is 2. The number of pyridine rings is 2. The number of anilines is 3. The lowest BCUT2D eigenvalue weighted by Crippen LogP contribution is -2.49. The van der Waals surface area contributed by atoms with Crippen LogP contribution in [0.15, 0.2) is 36.7 Å². The smallest absolute Gasteiger partial charge is 0.326 e. The minimum absolute atomic E-state index is 0.0561. The lowest BCUT2D eigenvalue weighted by atomic mass is 9.94. The third kappa shape index (κ3) is 5.24. The van der Waals surface area contributed by atoms with E-state index in [9.17, 15) is 23.5 Å². The molecule has 3 aromatic rings. The number of carboxylic acids is 1. The number of likely N-dealkylation sites (tertiary alicyclic amines) is 1. The Morgan fingerprint density at radius 1 is 1.32 bits per heavy atom. The Morgan fingerprint density at radius 2 is 2.05 bits per heavy atom. The molecule has 0 radical (unpaired) electrons. The van der Waals surface area contributed by atoms with Gasteiger partial charge in [0.25, 0.3) is 0 Å². The first kappa shape index (κ1) is 27.6. The molecule has 202 valence electrons. The fourth-order valence-electron chi connectivity index (χ4n) is 4.85. The Morgan fingerprint density at radius 3 is 2.66 bits per heavy atom. The number of aliphatic carboxylic acids is 1. The first-order valence-electron chi connectivity index (χ1n) is 11.9. The molecule has 0 bridgehead atoms. The summed E-state index contributed by atoms with van der Waals surface area (Å²) in [6.07, 6.45) is 3.71. The first-order chi connectivity index (χ1) is 18.0. The normalized spacial score (nSPS) is 17.0. The van der Waals surface area contributed by atoms with Crippen LogP contribution in [0.3, 0.4) is 0 Å². The van der Waals surface area contributed by atoms with Crippen LogP contribution in [-0.4, -0.2) is 73.3 Å². The SMILES string of the molecule is CCc1cc2c(N)nccc2cc1C[C@H](C(=O)O)N1CC[C@H](N(c2cnc(N(C)C)c(Cl)c2)S(=O)[O-])C1=O. The highest BCUT2D eigenvalue weighted by atomic mass is 35.5. The van der Waals surface area contributed by atoms with Crippen LogP contribution < -0.4 is 14.9 Å². The van der Waals surface area contributed by atoms with E-state index in [1.54, 1.807) is 31.3 Å². The van der Waals surface area contributed by atoms with E-state index in [1.165, 1.54) is 17.2 Å². The van der Waals surface area contributed by atoms with E-state index < -0.39 is 35.2 Å². The zero-order valence-corrected chi connectivity index (χ0v) is 22.7. The molecule has 3 N–H and O–H groups in total. The fourth-order valence-corrected chi connectivity index (χ4v) is 5.85. The van der Waals surface area contributed by atoms with Crippen molar-refractivity contribution in [2.75, 3.05) is 35.6 Å². The van der Waals surface area contributed by atoms with E-state index in [0.717, 1.165) is 26.2 Å². The summed E-state index contributed by atoms with van der Waals surface area (Å²) >= 11 is 3.46. The molecule has 0 aliphatic carbocycles. The second kappa shape index (κ2) is 11.1. The zero-order chi connectivity index (χ0) is 27.7. The van der Waals surface area contributed by atoms with Crippen LogP contribution in [0, 0.1) is 0 Å². The number of carboxylic acid groups (broad SMARTS) is 1. The molecule has 1 unspecified atom stereocenters. The van der Waals surface area contributed by atoms with E-state index in [0.29, 0.717) is 18.1 Å². The van der Waals surface area contributed by atoms with Crippen molar-refractivity contribution in [1.29, 1.82) is 0 Å². The minimum atomic E-state index is -2.83. The molecule has 38 heavy (non-hydrogen) atoms. The standard InChI is InChI=1S/C25H29ClN6O5S/c1-4-14-10-18-15(5-7-28-22(18)27)9-16(14)11-21(25(34)35)31-8-6-20(24(31)33)32(38(36)37)17-12-19(26)23(29-13-17)30(2)3/h5,7,9-10,12-13,20-21H,4,6,8,11H2,1-3H3,(H2,27,28)(H,34,35)(H,36,37)/p-1/t20-,21+/m0/s1. The number of carbonyl (C=O) groups is 2. The number of carbonyl (C=O) groups excluding carboxylic acids is 1. The summed E-state index contributed by atoms with van der Waals surface area (Å²) in [5.41, 5.74) is 7.81. The van der Waals surface area contributed by atoms with Gasteiger partial charge in [0.15, 0.2) is 0 Å². The van der Waals surface area contributed by atoms with Gasteiger partial charge in [-0.3, -0.25) is 13.3 Å². The van der Waals surface area contributed by atoms with Crippen LogP contribution in [-0.2, 0) is 33.7 Å². The van der Waals surface area contributed by atoms with Crippen molar-refractivity contribution in [1.82, 2.24) is 14.9 Å². The molecule has 0 spiro atoms. The summed E-state index contributed by atoms with van der Waals surface area (Å²) in [7, 11) is 3.49. The van der Waals surface area contributed by atoms with Crippen molar-refractivity contribution < 1.29 is 23.5 Å². The number of benzene rings is 1. The molecular formula is C25H28ClN6O5S-. The summed E-state index contributed by atoms with van der Waals surface area (Å²) in [5, 5.41) is 11.9. The number of fused-ring (bicyclic) bond motifs is 1. The number of aromatic nitrogens is 2. The summed E-state index contributed by atoms with van der Waals surface area (Å²) in [6, 6.07) is 4.69. The highest BCUT2D eigenvalue weighted by Crippen LogP contribution is 2.32. The third-order valence-corrected chi connectivity index (χ3v) is 7.78. The average Bonchev–Trinajstić information content (AvgIpc) is 3.22. The Kier molecular flexibility index (Phi) is 8.05. The number of nitrogens with two attached hydrogens (primary N) is 1. The summed E-state index contributed by atoms with van der Waals surface area (Å²) < 4.78 is 25.4. The van der Waals surface area contributed by atoms with E-state index >= 15 is 0 Å². The van der Waals surface area contributed by atoms with Crippen molar-refractivity contribution >= 4 is 62.8 Å². The van der Waals surface area contributed by atoms with Crippen LogP contribution >= 0.6 is 11.6 Å². The molecule has 1 aromatic carbocycles. The third-order valence-electron chi connectivity index (χ3n) is 6.71. The lowest BCUT2D eigenvalue weighted by molar-refractivity contribution is -0.148. The largest absolute Gasteiger partial charge is 0.755 e. The minimum Gasteiger partial charge on any atom is -0.755 e. The molecule has 1 amide bonds. The molecule has 0 saturated carbocycles. The topological polar surface area (TPSA) is 156 Å². The molecule has 1 aliphatic rings. The predicted octanol–water partition coefficient (Wildman–Crippen LogP) is 2.39. The van der Waals surface area contributed by atoms with Crippen molar-refractivity contribution in [3.63, 3.8) is 0 Å². The second-order valence-electron chi connectivity index (χ2n) is 9.22. The van der Waals surface area contributed by atoms with Gasteiger partial charge in [-0.05, 0) is 47.6 Å². The monoisotopic (exact) mass is 559 g/mol. The van der Waals surface area contributed by atoms with Crippen LogP contribution in [0.25, 0.3) is 10.8 Å². The number of amides is 1. The van der Waals surface area contributed by atoms with Gasteiger partial charge < -0.3 is 25.2 Å². The van der Waals surface area contributed by atoms with Crippen LogP contribution in [0.1, 0.15) is 24.5 Å². The van der Waals surface area contributed by atoms with Crippen molar-refractivity contribution in [3.05, 3.63) is 52.8 Å². The van der Waals surface area contributed by atoms with Gasteiger partial charge in [-0.25, -0.2) is 14.8 Å². The lowest BCUT2D eigenvalue weighted by Gasteiger charge is -2.32. The van der Waals surface area contributed by atoms with Crippen LogP contribution in [0.4, 0.5) is 17.3 Å². The van der Waals surface area contributed by atoms with E-state index in [2.05, 4.69) is 9.97 Å². The van der Waals surface area contributed by atoms with Crippen molar-refractivity contribution in [3.8, 4) is 0 Å². The van der Waals surface area contributed by atoms with Gasteiger partial charge in [0.1, 0.15) is 23.7 Å². The summed E-state index contributed by atoms with van der Waals surface area (Å²) in [4.78, 5) is 37.1. The van der Waals surface area contributed by atoms with E-state index in [-0.39, 0.29) is 30.1 Å². The van der Waals surface area contributed by atoms with Gasteiger partial charge >= 0.3 is 5.97 Å². The van der Waals surface area contributed by atoms with Gasteiger partial charge in [0.2, 0.25) is 5.91 Å². The Hall–Kier alpha value is -3.48. The number of hydrogen-bond acceptors (Lipinski definition) is 8. The average molecular weight is 560 g/mol. The van der Waals surface area contributed by atoms with E-state index in [4.69, 9.17) is 17.3 Å². The molecule has 13 heteroatoms. The highest BCUT2D eigenvalue weighted by molar-refractivity contribution is 7.80.